The van der Waals surface area contributed by atoms with Gasteiger partial charge in [-0.1, -0.05) is 6.92 Å². The zero-order valence-electron chi connectivity index (χ0n) is 7.75. The molecule has 0 amide bonds. The molecule has 1 heterocycles. The highest BCUT2D eigenvalue weighted by Crippen LogP contribution is 2.28. The maximum atomic E-state index is 10.1. The second kappa shape index (κ2) is 4.21. The Kier molecular flexibility index (Phi) is 3.50. The quantitative estimate of drug-likeness (QED) is 0.654. The fourth-order valence-corrected chi connectivity index (χ4v) is 1.89. The summed E-state index contributed by atoms with van der Waals surface area (Å²) in [5.41, 5.74) is 4.93. The van der Waals surface area contributed by atoms with Gasteiger partial charge in [0.05, 0.1) is 12.2 Å². The van der Waals surface area contributed by atoms with E-state index in [9.17, 15) is 5.11 Å². The summed E-state index contributed by atoms with van der Waals surface area (Å²) < 4.78 is 5.26. The van der Waals surface area contributed by atoms with E-state index in [1.54, 1.807) is 0 Å². The van der Waals surface area contributed by atoms with Crippen molar-refractivity contribution in [1.29, 1.82) is 0 Å². The topological polar surface area (TPSA) is 55.5 Å². The Morgan fingerprint density at radius 3 is 2.83 bits per heavy atom. The Hall–Kier alpha value is -0.120. The molecule has 2 unspecified atom stereocenters. The van der Waals surface area contributed by atoms with Crippen molar-refractivity contribution < 1.29 is 9.84 Å². The van der Waals surface area contributed by atoms with Gasteiger partial charge in [-0.25, -0.2) is 0 Å². The van der Waals surface area contributed by atoms with E-state index in [1.165, 1.54) is 0 Å². The van der Waals surface area contributed by atoms with Crippen molar-refractivity contribution in [2.45, 2.75) is 31.8 Å². The van der Waals surface area contributed by atoms with E-state index < -0.39 is 5.60 Å². The first kappa shape index (κ1) is 9.96. The zero-order valence-corrected chi connectivity index (χ0v) is 7.75. The molecule has 0 spiro atoms. The van der Waals surface area contributed by atoms with Gasteiger partial charge in [-0.2, -0.15) is 0 Å². The van der Waals surface area contributed by atoms with Gasteiger partial charge in [0.25, 0.3) is 0 Å². The number of nitrogens with two attached hydrogens (primary N) is 1. The maximum absolute atomic E-state index is 10.1. The van der Waals surface area contributed by atoms with Crippen molar-refractivity contribution in [3.63, 3.8) is 0 Å². The van der Waals surface area contributed by atoms with Crippen molar-refractivity contribution in [1.82, 2.24) is 0 Å². The molecule has 2 atom stereocenters. The second-order valence-electron chi connectivity index (χ2n) is 3.60. The van der Waals surface area contributed by atoms with Crippen LogP contribution in [0.1, 0.15) is 26.2 Å². The third-order valence-electron chi connectivity index (χ3n) is 2.79. The summed E-state index contributed by atoms with van der Waals surface area (Å²) in [6.07, 6.45) is 2.71. The van der Waals surface area contributed by atoms with Crippen molar-refractivity contribution in [2.75, 3.05) is 19.8 Å². The lowest BCUT2D eigenvalue weighted by atomic mass is 9.81. The van der Waals surface area contributed by atoms with E-state index in [2.05, 4.69) is 6.92 Å². The zero-order chi connectivity index (χ0) is 9.03. The van der Waals surface area contributed by atoms with Crippen molar-refractivity contribution in [2.24, 2.45) is 11.7 Å². The van der Waals surface area contributed by atoms with Gasteiger partial charge < -0.3 is 15.6 Å². The highest BCUT2D eigenvalue weighted by Gasteiger charge is 2.36. The van der Waals surface area contributed by atoms with Crippen LogP contribution in [0.2, 0.25) is 0 Å². The summed E-state index contributed by atoms with van der Waals surface area (Å²) in [5, 5.41) is 10.1. The Labute approximate surface area is 73.9 Å². The largest absolute Gasteiger partial charge is 0.387 e. The van der Waals surface area contributed by atoms with Crippen LogP contribution in [-0.2, 0) is 4.74 Å². The van der Waals surface area contributed by atoms with Crippen LogP contribution in [0.25, 0.3) is 0 Å². The van der Waals surface area contributed by atoms with Gasteiger partial charge in [-0.3, -0.25) is 0 Å². The highest BCUT2D eigenvalue weighted by molar-refractivity contribution is 4.88. The average molecular weight is 173 g/mol. The van der Waals surface area contributed by atoms with E-state index in [-0.39, 0.29) is 5.92 Å². The van der Waals surface area contributed by atoms with Crippen molar-refractivity contribution in [3.05, 3.63) is 0 Å². The van der Waals surface area contributed by atoms with Gasteiger partial charge in [0.15, 0.2) is 0 Å². The molecule has 3 nitrogen and oxygen atoms in total. The minimum Gasteiger partial charge on any atom is -0.387 e. The normalized spacial score (nSPS) is 33.2. The molecule has 0 bridgehead atoms. The van der Waals surface area contributed by atoms with E-state index in [0.29, 0.717) is 13.2 Å². The number of aliphatic hydroxyl groups is 1. The second-order valence-corrected chi connectivity index (χ2v) is 3.60. The predicted molar refractivity (Wildman–Crippen MR) is 47.8 cm³/mol. The van der Waals surface area contributed by atoms with Crippen molar-refractivity contribution >= 4 is 0 Å². The molecule has 72 valence electrons. The van der Waals surface area contributed by atoms with Crippen LogP contribution in [-0.4, -0.2) is 30.5 Å². The number of hydrogen-bond donors (Lipinski definition) is 2. The summed E-state index contributed by atoms with van der Waals surface area (Å²) in [6, 6.07) is 0. The average Bonchev–Trinajstić information content (AvgIpc) is 2.07. The molecule has 1 saturated heterocycles. The molecule has 12 heavy (non-hydrogen) atoms. The Morgan fingerprint density at radius 1 is 1.67 bits per heavy atom. The first-order valence-electron chi connectivity index (χ1n) is 4.73. The fraction of sp³-hybridized carbons (Fsp3) is 1.00. The summed E-state index contributed by atoms with van der Waals surface area (Å²) in [7, 11) is 0. The standard InChI is InChI=1S/C9H19NO2/c1-2-8(6-10)9(11)4-3-5-12-7-9/h8,11H,2-7,10H2,1H3. The molecule has 0 aromatic carbocycles. The predicted octanol–water partition coefficient (Wildman–Crippen LogP) is 0.513. The third kappa shape index (κ3) is 1.97. The SMILES string of the molecule is CCC(CN)C1(O)CCCOC1. The molecule has 0 aliphatic carbocycles. The first-order chi connectivity index (χ1) is 5.73. The molecule has 0 radical (unpaired) electrons. The van der Waals surface area contributed by atoms with Crippen LogP contribution < -0.4 is 5.73 Å². The molecule has 1 rings (SSSR count). The molecular formula is C9H19NO2. The van der Waals surface area contributed by atoms with E-state index >= 15 is 0 Å². The Bertz CT molecular complexity index is 128. The summed E-state index contributed by atoms with van der Waals surface area (Å²) in [5.74, 6) is 0.192. The van der Waals surface area contributed by atoms with Gasteiger partial charge in [0.1, 0.15) is 0 Å². The fourth-order valence-electron chi connectivity index (χ4n) is 1.89. The van der Waals surface area contributed by atoms with Crippen LogP contribution >= 0.6 is 0 Å². The van der Waals surface area contributed by atoms with E-state index in [1.807, 2.05) is 0 Å². The Morgan fingerprint density at radius 2 is 2.42 bits per heavy atom. The van der Waals surface area contributed by atoms with Gasteiger partial charge >= 0.3 is 0 Å². The maximum Gasteiger partial charge on any atom is 0.0920 e. The third-order valence-corrected chi connectivity index (χ3v) is 2.79. The van der Waals surface area contributed by atoms with Crippen LogP contribution in [0.5, 0.6) is 0 Å². The minimum atomic E-state index is -0.651. The van der Waals surface area contributed by atoms with Crippen LogP contribution in [0.15, 0.2) is 0 Å². The van der Waals surface area contributed by atoms with Crippen LogP contribution in [0.3, 0.4) is 0 Å². The lowest BCUT2D eigenvalue weighted by molar-refractivity contribution is -0.118. The first-order valence-corrected chi connectivity index (χ1v) is 4.73. The molecule has 0 saturated carbocycles. The number of ether oxygens (including phenoxy) is 1. The summed E-state index contributed by atoms with van der Waals surface area (Å²) in [4.78, 5) is 0. The van der Waals surface area contributed by atoms with Crippen molar-refractivity contribution in [3.8, 4) is 0 Å². The van der Waals surface area contributed by atoms with Gasteiger partial charge in [0.2, 0.25) is 0 Å². The lowest BCUT2D eigenvalue weighted by Gasteiger charge is -2.38. The highest BCUT2D eigenvalue weighted by atomic mass is 16.5. The number of hydrogen-bond acceptors (Lipinski definition) is 3. The van der Waals surface area contributed by atoms with Crippen LogP contribution in [0.4, 0.5) is 0 Å². The molecule has 3 N–H and O–H groups in total. The molecular weight excluding hydrogens is 154 g/mol. The van der Waals surface area contributed by atoms with Gasteiger partial charge in [0, 0.05) is 12.5 Å². The summed E-state index contributed by atoms with van der Waals surface area (Å²) in [6.45, 7) is 3.85. The summed E-state index contributed by atoms with van der Waals surface area (Å²) >= 11 is 0. The molecule has 1 fully saturated rings. The Balaban J connectivity index is 2.53. The van der Waals surface area contributed by atoms with Crippen LogP contribution in [0, 0.1) is 5.92 Å². The molecule has 0 aromatic heterocycles. The van der Waals surface area contributed by atoms with E-state index in [4.69, 9.17) is 10.5 Å². The van der Waals surface area contributed by atoms with Gasteiger partial charge in [-0.15, -0.1) is 0 Å². The lowest BCUT2D eigenvalue weighted by Crippen LogP contribution is -2.48. The molecule has 3 heteroatoms. The smallest absolute Gasteiger partial charge is 0.0920 e. The molecule has 1 aliphatic rings. The number of rotatable bonds is 3. The van der Waals surface area contributed by atoms with E-state index in [0.717, 1.165) is 25.9 Å². The van der Waals surface area contributed by atoms with Gasteiger partial charge in [-0.05, 0) is 25.8 Å². The molecule has 1 aliphatic heterocycles. The molecule has 0 aromatic rings. The minimum absolute atomic E-state index is 0.192. The monoisotopic (exact) mass is 173 g/mol.